The molecule has 0 saturated heterocycles. The Morgan fingerprint density at radius 1 is 1.08 bits per heavy atom. The van der Waals surface area contributed by atoms with Gasteiger partial charge >= 0.3 is 5.69 Å². The number of anilines is 2. The normalized spacial score (nSPS) is 13.4. The van der Waals surface area contributed by atoms with Crippen LogP contribution < -0.4 is 10.6 Å². The van der Waals surface area contributed by atoms with Crippen LogP contribution >= 0.6 is 11.6 Å². The van der Waals surface area contributed by atoms with Crippen LogP contribution in [-0.4, -0.2) is 20.3 Å². The van der Waals surface area contributed by atoms with Gasteiger partial charge in [0.15, 0.2) is 0 Å². The van der Waals surface area contributed by atoms with E-state index in [1.165, 1.54) is 9.25 Å². The number of carbonyl (C=O) groups is 1. The number of benzene rings is 2. The van der Waals surface area contributed by atoms with Gasteiger partial charge in [0.1, 0.15) is 5.82 Å². The molecular weight excluding hydrogens is 340 g/mol. The van der Waals surface area contributed by atoms with Crippen molar-refractivity contribution >= 4 is 28.9 Å². The zero-order valence-electron chi connectivity index (χ0n) is 13.5. The summed E-state index contributed by atoms with van der Waals surface area (Å²) in [6, 6.07) is 14.5. The van der Waals surface area contributed by atoms with E-state index < -0.39 is 0 Å². The maximum atomic E-state index is 13.0. The molecule has 2 aromatic carbocycles. The lowest BCUT2D eigenvalue weighted by molar-refractivity contribution is -0.117. The van der Waals surface area contributed by atoms with Crippen molar-refractivity contribution in [3.63, 3.8) is 0 Å². The van der Waals surface area contributed by atoms with Gasteiger partial charge in [0.25, 0.3) is 0 Å². The van der Waals surface area contributed by atoms with E-state index in [1.807, 2.05) is 37.3 Å². The highest BCUT2D eigenvalue weighted by Crippen LogP contribution is 2.35. The van der Waals surface area contributed by atoms with Gasteiger partial charge in [-0.15, -0.1) is 0 Å². The standard InChI is InChI=1S/C18H15ClN4O2/c1-2-21-18(25)23-14-9-8-12(19)10-15(14)22(13-6-4-3-5-7-13)17(24)11-16(23)20-21/h3-10H,2,11H2,1H3. The number of carbonyl (C=O) groups excluding carboxylic acids is 1. The Bertz CT molecular complexity index is 1020. The van der Waals surface area contributed by atoms with Crippen molar-refractivity contribution in [1.82, 2.24) is 14.3 Å². The topological polar surface area (TPSA) is 60.1 Å². The molecule has 126 valence electrons. The fraction of sp³-hybridized carbons (Fsp3) is 0.167. The summed E-state index contributed by atoms with van der Waals surface area (Å²) in [6.45, 7) is 2.29. The third kappa shape index (κ3) is 2.46. The molecule has 25 heavy (non-hydrogen) atoms. The largest absolute Gasteiger partial charge is 0.350 e. The van der Waals surface area contributed by atoms with Crippen LogP contribution in [0.25, 0.3) is 5.69 Å². The number of hydrogen-bond donors (Lipinski definition) is 0. The van der Waals surface area contributed by atoms with E-state index in [2.05, 4.69) is 5.10 Å². The Balaban J connectivity index is 2.03. The molecule has 0 unspecified atom stereocenters. The Hall–Kier alpha value is -2.86. The van der Waals surface area contributed by atoms with Crippen molar-refractivity contribution in [1.29, 1.82) is 0 Å². The van der Waals surface area contributed by atoms with Crippen LogP contribution in [-0.2, 0) is 17.8 Å². The van der Waals surface area contributed by atoms with Gasteiger partial charge < -0.3 is 0 Å². The molecule has 0 saturated carbocycles. The molecule has 0 aliphatic carbocycles. The van der Waals surface area contributed by atoms with Crippen LogP contribution in [0.1, 0.15) is 12.7 Å². The maximum absolute atomic E-state index is 13.0. The summed E-state index contributed by atoms with van der Waals surface area (Å²) in [7, 11) is 0. The Kier molecular flexibility index (Phi) is 3.69. The van der Waals surface area contributed by atoms with Gasteiger partial charge in [-0.1, -0.05) is 29.8 Å². The molecule has 7 heteroatoms. The van der Waals surface area contributed by atoms with Crippen molar-refractivity contribution < 1.29 is 4.79 Å². The van der Waals surface area contributed by atoms with E-state index in [0.717, 1.165) is 5.69 Å². The lowest BCUT2D eigenvalue weighted by Gasteiger charge is -2.23. The molecule has 3 aromatic rings. The smallest absolute Gasteiger partial charge is 0.278 e. The molecule has 0 bridgehead atoms. The number of aryl methyl sites for hydroxylation is 1. The highest BCUT2D eigenvalue weighted by Gasteiger charge is 2.30. The van der Waals surface area contributed by atoms with Gasteiger partial charge in [-0.05, 0) is 37.3 Å². The molecule has 1 aliphatic heterocycles. The second-order valence-corrected chi connectivity index (χ2v) is 6.16. The van der Waals surface area contributed by atoms with E-state index in [4.69, 9.17) is 11.6 Å². The number of nitrogens with zero attached hydrogens (tertiary/aromatic N) is 4. The molecule has 2 heterocycles. The number of para-hydroxylation sites is 1. The molecular formula is C18H15ClN4O2. The third-order valence-electron chi connectivity index (χ3n) is 4.20. The average molecular weight is 355 g/mol. The first kappa shape index (κ1) is 15.7. The Morgan fingerprint density at radius 3 is 2.56 bits per heavy atom. The maximum Gasteiger partial charge on any atom is 0.350 e. The summed E-state index contributed by atoms with van der Waals surface area (Å²) in [5.41, 5.74) is 1.63. The Morgan fingerprint density at radius 2 is 1.84 bits per heavy atom. The lowest BCUT2D eigenvalue weighted by Crippen LogP contribution is -2.27. The summed E-state index contributed by atoms with van der Waals surface area (Å²) >= 11 is 6.18. The minimum atomic E-state index is -0.260. The third-order valence-corrected chi connectivity index (χ3v) is 4.43. The number of halogens is 1. The van der Waals surface area contributed by atoms with E-state index in [1.54, 1.807) is 23.1 Å². The second kappa shape index (κ2) is 5.89. The van der Waals surface area contributed by atoms with E-state index >= 15 is 0 Å². The fourth-order valence-electron chi connectivity index (χ4n) is 3.09. The van der Waals surface area contributed by atoms with Crippen LogP contribution in [0.3, 0.4) is 0 Å². The number of rotatable bonds is 2. The zero-order chi connectivity index (χ0) is 17.6. The van der Waals surface area contributed by atoms with Gasteiger partial charge in [-0.25, -0.2) is 14.0 Å². The van der Waals surface area contributed by atoms with Gasteiger partial charge in [-0.2, -0.15) is 5.10 Å². The molecule has 6 nitrogen and oxygen atoms in total. The molecule has 0 radical (unpaired) electrons. The van der Waals surface area contributed by atoms with Gasteiger partial charge in [0.05, 0.1) is 17.8 Å². The van der Waals surface area contributed by atoms with Crippen molar-refractivity contribution in [2.75, 3.05) is 4.90 Å². The predicted octanol–water partition coefficient (Wildman–Crippen LogP) is 2.93. The van der Waals surface area contributed by atoms with Crippen LogP contribution in [0.2, 0.25) is 5.02 Å². The van der Waals surface area contributed by atoms with Crippen LogP contribution in [0.5, 0.6) is 0 Å². The molecule has 0 atom stereocenters. The SMILES string of the molecule is CCn1nc2n(c1=O)-c1ccc(Cl)cc1N(c1ccccc1)C(=O)C2. The molecule has 4 rings (SSSR count). The second-order valence-electron chi connectivity index (χ2n) is 5.72. The highest BCUT2D eigenvalue weighted by molar-refractivity contribution is 6.31. The molecule has 1 aromatic heterocycles. The minimum absolute atomic E-state index is 0.0312. The van der Waals surface area contributed by atoms with Crippen LogP contribution in [0, 0.1) is 0 Å². The number of hydrogen-bond acceptors (Lipinski definition) is 3. The molecule has 1 amide bonds. The molecule has 1 aliphatic rings. The quantitative estimate of drug-likeness (QED) is 0.711. The highest BCUT2D eigenvalue weighted by atomic mass is 35.5. The lowest BCUT2D eigenvalue weighted by atomic mass is 10.2. The predicted molar refractivity (Wildman–Crippen MR) is 95.8 cm³/mol. The zero-order valence-corrected chi connectivity index (χ0v) is 14.3. The summed E-state index contributed by atoms with van der Waals surface area (Å²) in [6.07, 6.45) is 0.0312. The van der Waals surface area contributed by atoms with Crippen LogP contribution in [0.15, 0.2) is 53.3 Å². The summed E-state index contributed by atoms with van der Waals surface area (Å²) in [4.78, 5) is 27.3. The van der Waals surface area contributed by atoms with Crippen LogP contribution in [0.4, 0.5) is 11.4 Å². The molecule has 0 spiro atoms. The first-order chi connectivity index (χ1) is 12.1. The number of amides is 1. The minimum Gasteiger partial charge on any atom is -0.278 e. The average Bonchev–Trinajstić information content (AvgIpc) is 2.85. The summed E-state index contributed by atoms with van der Waals surface area (Å²) < 4.78 is 2.86. The van der Waals surface area contributed by atoms with E-state index in [9.17, 15) is 9.59 Å². The van der Waals surface area contributed by atoms with E-state index in [0.29, 0.717) is 28.8 Å². The first-order valence-corrected chi connectivity index (χ1v) is 8.34. The van der Waals surface area contributed by atoms with E-state index in [-0.39, 0.29) is 18.0 Å². The summed E-state index contributed by atoms with van der Waals surface area (Å²) in [5, 5.41) is 4.81. The van der Waals surface area contributed by atoms with Crippen molar-refractivity contribution in [3.8, 4) is 5.69 Å². The van der Waals surface area contributed by atoms with Gasteiger partial charge in [-0.3, -0.25) is 9.69 Å². The Labute approximate surface area is 148 Å². The van der Waals surface area contributed by atoms with Crippen molar-refractivity contribution in [3.05, 3.63) is 69.9 Å². The molecule has 0 fully saturated rings. The first-order valence-electron chi connectivity index (χ1n) is 7.97. The fourth-order valence-corrected chi connectivity index (χ4v) is 3.26. The summed E-state index contributed by atoms with van der Waals surface area (Å²) in [5.74, 6) is 0.264. The van der Waals surface area contributed by atoms with Gasteiger partial charge in [0, 0.05) is 17.3 Å². The molecule has 0 N–H and O–H groups in total. The van der Waals surface area contributed by atoms with Crippen molar-refractivity contribution in [2.24, 2.45) is 0 Å². The monoisotopic (exact) mass is 354 g/mol. The van der Waals surface area contributed by atoms with Crippen molar-refractivity contribution in [2.45, 2.75) is 19.9 Å². The van der Waals surface area contributed by atoms with Gasteiger partial charge in [0.2, 0.25) is 5.91 Å². The number of aromatic nitrogens is 3. The number of fused-ring (bicyclic) bond motifs is 3.